The van der Waals surface area contributed by atoms with Gasteiger partial charge in [-0.2, -0.15) is 0 Å². The van der Waals surface area contributed by atoms with Crippen LogP contribution in [0.4, 0.5) is 0 Å². The molecule has 74 valence electrons. The van der Waals surface area contributed by atoms with Gasteiger partial charge in [0.2, 0.25) is 0 Å². The second-order valence-corrected chi connectivity index (χ2v) is 3.43. The number of hydrogen-bond acceptors (Lipinski definition) is 2. The van der Waals surface area contributed by atoms with E-state index in [0.717, 1.165) is 16.6 Å². The van der Waals surface area contributed by atoms with Crippen molar-refractivity contribution in [1.29, 1.82) is 0 Å². The molecule has 0 amide bonds. The maximum absolute atomic E-state index is 11.6. The zero-order valence-electron chi connectivity index (χ0n) is 8.32. The summed E-state index contributed by atoms with van der Waals surface area (Å²) in [7, 11) is 3.54. The summed E-state index contributed by atoms with van der Waals surface area (Å²) in [6.07, 6.45) is 0. The summed E-state index contributed by atoms with van der Waals surface area (Å²) in [5.74, 6) is 0. The maximum atomic E-state index is 11.6. The molecular weight excluding hydrogens is 178 g/mol. The second kappa shape index (κ2) is 2.99. The van der Waals surface area contributed by atoms with Crippen LogP contribution >= 0.6 is 0 Å². The van der Waals surface area contributed by atoms with Gasteiger partial charge in [-0.25, -0.2) is 4.79 Å². The van der Waals surface area contributed by atoms with Crippen molar-refractivity contribution in [2.24, 2.45) is 19.8 Å². The minimum Gasteiger partial charge on any atom is -0.326 e. The molecule has 1 aromatic carbocycles. The van der Waals surface area contributed by atoms with Crippen LogP contribution in [0.3, 0.4) is 0 Å². The molecular formula is C10H13N3O. The lowest BCUT2D eigenvalue weighted by Crippen LogP contribution is -2.19. The van der Waals surface area contributed by atoms with Gasteiger partial charge in [0, 0.05) is 20.6 Å². The summed E-state index contributed by atoms with van der Waals surface area (Å²) in [6, 6.07) is 5.83. The fourth-order valence-corrected chi connectivity index (χ4v) is 1.68. The van der Waals surface area contributed by atoms with Crippen LogP contribution in [-0.4, -0.2) is 9.13 Å². The van der Waals surface area contributed by atoms with Gasteiger partial charge in [0.25, 0.3) is 0 Å². The lowest BCUT2D eigenvalue weighted by atomic mass is 10.2. The molecule has 4 nitrogen and oxygen atoms in total. The minimum absolute atomic E-state index is 0.00540. The van der Waals surface area contributed by atoms with Crippen LogP contribution in [-0.2, 0) is 20.6 Å². The molecule has 2 rings (SSSR count). The van der Waals surface area contributed by atoms with E-state index < -0.39 is 0 Å². The molecule has 0 aliphatic carbocycles. The molecule has 0 aliphatic rings. The van der Waals surface area contributed by atoms with Crippen molar-refractivity contribution in [2.75, 3.05) is 0 Å². The van der Waals surface area contributed by atoms with Gasteiger partial charge in [-0.05, 0) is 17.7 Å². The van der Waals surface area contributed by atoms with Crippen molar-refractivity contribution < 1.29 is 0 Å². The number of aryl methyl sites for hydroxylation is 2. The first-order chi connectivity index (χ1) is 6.65. The number of nitrogens with zero attached hydrogens (tertiary/aromatic N) is 2. The van der Waals surface area contributed by atoms with Crippen molar-refractivity contribution in [1.82, 2.24) is 9.13 Å². The number of aromatic nitrogens is 2. The Bertz CT molecular complexity index is 536. The first-order valence-electron chi connectivity index (χ1n) is 4.49. The van der Waals surface area contributed by atoms with Crippen molar-refractivity contribution in [3.8, 4) is 0 Å². The first kappa shape index (κ1) is 9.02. The van der Waals surface area contributed by atoms with Crippen molar-refractivity contribution >= 4 is 11.0 Å². The minimum atomic E-state index is -0.00540. The van der Waals surface area contributed by atoms with Crippen molar-refractivity contribution in [2.45, 2.75) is 6.54 Å². The molecule has 0 saturated carbocycles. The lowest BCUT2D eigenvalue weighted by Gasteiger charge is -1.98. The summed E-state index contributed by atoms with van der Waals surface area (Å²) in [6.45, 7) is 0.499. The van der Waals surface area contributed by atoms with Gasteiger partial charge in [-0.3, -0.25) is 9.13 Å². The molecule has 0 fully saturated rings. The third-order valence-corrected chi connectivity index (χ3v) is 2.57. The van der Waals surface area contributed by atoms with Crippen LogP contribution in [0.15, 0.2) is 23.0 Å². The molecule has 0 atom stereocenters. The van der Waals surface area contributed by atoms with Gasteiger partial charge in [0.05, 0.1) is 11.0 Å². The standard InChI is InChI=1S/C10H13N3O/c1-12-8-4-3-7(6-11)5-9(8)13(2)10(12)14/h3-5H,6,11H2,1-2H3. The van der Waals surface area contributed by atoms with E-state index in [2.05, 4.69) is 0 Å². The van der Waals surface area contributed by atoms with Crippen molar-refractivity contribution in [3.63, 3.8) is 0 Å². The maximum Gasteiger partial charge on any atom is 0.328 e. The third-order valence-electron chi connectivity index (χ3n) is 2.57. The SMILES string of the molecule is Cn1c(=O)n(C)c2cc(CN)ccc21. The molecule has 0 aliphatic heterocycles. The summed E-state index contributed by atoms with van der Waals surface area (Å²) in [5.41, 5.74) is 8.45. The van der Waals surface area contributed by atoms with Crippen LogP contribution in [0.5, 0.6) is 0 Å². The van der Waals surface area contributed by atoms with E-state index in [0.29, 0.717) is 6.54 Å². The molecule has 0 saturated heterocycles. The molecule has 1 heterocycles. The van der Waals surface area contributed by atoms with Crippen molar-refractivity contribution in [3.05, 3.63) is 34.2 Å². The highest BCUT2D eigenvalue weighted by Crippen LogP contribution is 2.13. The fraction of sp³-hybridized carbons (Fsp3) is 0.300. The first-order valence-corrected chi connectivity index (χ1v) is 4.49. The Kier molecular flexibility index (Phi) is 1.93. The molecule has 0 radical (unpaired) electrons. The van der Waals surface area contributed by atoms with E-state index >= 15 is 0 Å². The van der Waals surface area contributed by atoms with Crippen LogP contribution in [0.25, 0.3) is 11.0 Å². The van der Waals surface area contributed by atoms with E-state index in [-0.39, 0.29) is 5.69 Å². The lowest BCUT2D eigenvalue weighted by molar-refractivity contribution is 0.795. The monoisotopic (exact) mass is 191 g/mol. The van der Waals surface area contributed by atoms with E-state index in [1.165, 1.54) is 0 Å². The highest BCUT2D eigenvalue weighted by Gasteiger charge is 2.06. The second-order valence-electron chi connectivity index (χ2n) is 3.43. The highest BCUT2D eigenvalue weighted by atomic mass is 16.1. The number of fused-ring (bicyclic) bond motifs is 1. The van der Waals surface area contributed by atoms with Gasteiger partial charge in [-0.1, -0.05) is 6.07 Å². The number of nitrogens with two attached hydrogens (primary N) is 1. The highest BCUT2D eigenvalue weighted by molar-refractivity contribution is 5.76. The Morgan fingerprint density at radius 1 is 1.21 bits per heavy atom. The van der Waals surface area contributed by atoms with Crippen LogP contribution in [0.1, 0.15) is 5.56 Å². The predicted molar refractivity (Wildman–Crippen MR) is 56.1 cm³/mol. The van der Waals surface area contributed by atoms with Gasteiger partial charge in [0.15, 0.2) is 0 Å². The molecule has 0 spiro atoms. The largest absolute Gasteiger partial charge is 0.328 e. The van der Waals surface area contributed by atoms with Crippen LogP contribution < -0.4 is 11.4 Å². The molecule has 2 N–H and O–H groups in total. The Balaban J connectivity index is 2.89. The van der Waals surface area contributed by atoms with Crippen LogP contribution in [0.2, 0.25) is 0 Å². The molecule has 2 aromatic rings. The Hall–Kier alpha value is -1.55. The Morgan fingerprint density at radius 3 is 2.50 bits per heavy atom. The average molecular weight is 191 g/mol. The quantitative estimate of drug-likeness (QED) is 0.706. The summed E-state index contributed by atoms with van der Waals surface area (Å²) in [4.78, 5) is 11.6. The van der Waals surface area contributed by atoms with Gasteiger partial charge < -0.3 is 5.73 Å². The van der Waals surface area contributed by atoms with Gasteiger partial charge >= 0.3 is 5.69 Å². The zero-order valence-corrected chi connectivity index (χ0v) is 8.32. The molecule has 0 bridgehead atoms. The average Bonchev–Trinajstić information content (AvgIpc) is 2.44. The van der Waals surface area contributed by atoms with E-state index in [9.17, 15) is 4.79 Å². The number of benzene rings is 1. The topological polar surface area (TPSA) is 53.0 Å². The van der Waals surface area contributed by atoms with Gasteiger partial charge in [-0.15, -0.1) is 0 Å². The molecule has 0 unspecified atom stereocenters. The number of imidazole rings is 1. The number of rotatable bonds is 1. The molecule has 14 heavy (non-hydrogen) atoms. The predicted octanol–water partition coefficient (Wildman–Crippen LogP) is 0.336. The molecule has 4 heteroatoms. The van der Waals surface area contributed by atoms with E-state index in [1.807, 2.05) is 18.2 Å². The summed E-state index contributed by atoms with van der Waals surface area (Å²) >= 11 is 0. The van der Waals surface area contributed by atoms with Gasteiger partial charge in [0.1, 0.15) is 0 Å². The van der Waals surface area contributed by atoms with Crippen LogP contribution in [0, 0.1) is 0 Å². The van der Waals surface area contributed by atoms with E-state index in [4.69, 9.17) is 5.73 Å². The fourth-order valence-electron chi connectivity index (χ4n) is 1.68. The zero-order chi connectivity index (χ0) is 10.3. The normalized spacial score (nSPS) is 11.1. The number of hydrogen-bond donors (Lipinski definition) is 1. The Morgan fingerprint density at radius 2 is 1.86 bits per heavy atom. The third kappa shape index (κ3) is 1.08. The Labute approximate surface area is 81.6 Å². The summed E-state index contributed by atoms with van der Waals surface area (Å²) < 4.78 is 3.27. The summed E-state index contributed by atoms with van der Waals surface area (Å²) in [5, 5.41) is 0. The van der Waals surface area contributed by atoms with E-state index in [1.54, 1.807) is 23.2 Å². The molecule has 1 aromatic heterocycles. The smallest absolute Gasteiger partial charge is 0.326 e.